The molecule has 1 heterocycles. The SMILES string of the molecule is NC(=O)Cn1ccnc1-c1ccc(F)c(F)c1. The molecule has 1 aromatic carbocycles. The van der Waals surface area contributed by atoms with Crippen molar-refractivity contribution in [1.82, 2.24) is 9.55 Å². The minimum absolute atomic E-state index is 0.0612. The van der Waals surface area contributed by atoms with Gasteiger partial charge in [-0.05, 0) is 18.2 Å². The lowest BCUT2D eigenvalue weighted by molar-refractivity contribution is -0.118. The minimum Gasteiger partial charge on any atom is -0.368 e. The Morgan fingerprint density at radius 3 is 2.76 bits per heavy atom. The molecule has 0 aliphatic carbocycles. The molecule has 0 fully saturated rings. The number of carbonyl (C=O) groups excluding carboxylic acids is 1. The largest absolute Gasteiger partial charge is 0.368 e. The number of primary amides is 1. The number of hydrogen-bond acceptors (Lipinski definition) is 2. The Bertz CT molecular complexity index is 566. The molecule has 2 aromatic rings. The molecule has 0 saturated carbocycles. The highest BCUT2D eigenvalue weighted by Gasteiger charge is 2.10. The second kappa shape index (κ2) is 4.32. The maximum Gasteiger partial charge on any atom is 0.237 e. The lowest BCUT2D eigenvalue weighted by atomic mass is 10.2. The van der Waals surface area contributed by atoms with Gasteiger partial charge in [-0.15, -0.1) is 0 Å². The number of nitrogens with two attached hydrogens (primary N) is 1. The Kier molecular flexibility index (Phi) is 2.86. The van der Waals surface area contributed by atoms with Crippen molar-refractivity contribution >= 4 is 5.91 Å². The molecule has 0 spiro atoms. The van der Waals surface area contributed by atoms with E-state index in [0.29, 0.717) is 11.4 Å². The molecule has 4 nitrogen and oxygen atoms in total. The molecule has 0 atom stereocenters. The fourth-order valence-corrected chi connectivity index (χ4v) is 1.50. The smallest absolute Gasteiger partial charge is 0.237 e. The van der Waals surface area contributed by atoms with Crippen molar-refractivity contribution in [1.29, 1.82) is 0 Å². The fourth-order valence-electron chi connectivity index (χ4n) is 1.50. The monoisotopic (exact) mass is 237 g/mol. The third-order valence-corrected chi connectivity index (χ3v) is 2.22. The zero-order chi connectivity index (χ0) is 12.4. The van der Waals surface area contributed by atoms with Crippen molar-refractivity contribution in [2.75, 3.05) is 0 Å². The van der Waals surface area contributed by atoms with E-state index in [1.165, 1.54) is 16.8 Å². The molecular formula is C11H9F2N3O. The molecule has 0 saturated heterocycles. The number of imidazole rings is 1. The number of halogens is 2. The average Bonchev–Trinajstić information content (AvgIpc) is 2.69. The summed E-state index contributed by atoms with van der Waals surface area (Å²) in [4.78, 5) is 14.8. The van der Waals surface area contributed by atoms with Crippen LogP contribution in [0.4, 0.5) is 8.78 Å². The maximum atomic E-state index is 13.1. The van der Waals surface area contributed by atoms with Gasteiger partial charge in [-0.1, -0.05) is 0 Å². The predicted octanol–water partition coefficient (Wildman–Crippen LogP) is 1.31. The molecule has 0 aliphatic rings. The number of nitrogens with zero attached hydrogens (tertiary/aromatic N) is 2. The second-order valence-electron chi connectivity index (χ2n) is 3.47. The quantitative estimate of drug-likeness (QED) is 0.874. The van der Waals surface area contributed by atoms with Crippen molar-refractivity contribution in [2.24, 2.45) is 5.73 Å². The summed E-state index contributed by atoms with van der Waals surface area (Å²) in [5, 5.41) is 0. The number of hydrogen-bond donors (Lipinski definition) is 1. The molecular weight excluding hydrogens is 228 g/mol. The molecule has 1 amide bonds. The number of aromatic nitrogens is 2. The fraction of sp³-hybridized carbons (Fsp3) is 0.0909. The summed E-state index contributed by atoms with van der Waals surface area (Å²) in [5.74, 6) is -2.06. The van der Waals surface area contributed by atoms with E-state index in [4.69, 9.17) is 5.73 Å². The van der Waals surface area contributed by atoms with E-state index in [9.17, 15) is 13.6 Å². The van der Waals surface area contributed by atoms with Crippen LogP contribution in [-0.4, -0.2) is 15.5 Å². The number of benzene rings is 1. The Labute approximate surface area is 95.7 Å². The van der Waals surface area contributed by atoms with Gasteiger partial charge in [0, 0.05) is 18.0 Å². The summed E-state index contributed by atoms with van der Waals surface area (Å²) in [6, 6.07) is 3.42. The Hall–Kier alpha value is -2.24. The zero-order valence-electron chi connectivity index (χ0n) is 8.73. The van der Waals surface area contributed by atoms with Crippen LogP contribution >= 0.6 is 0 Å². The van der Waals surface area contributed by atoms with E-state index in [0.717, 1.165) is 12.1 Å². The molecule has 17 heavy (non-hydrogen) atoms. The number of rotatable bonds is 3. The van der Waals surface area contributed by atoms with Gasteiger partial charge in [0.15, 0.2) is 11.6 Å². The summed E-state index contributed by atoms with van der Waals surface area (Å²) >= 11 is 0. The molecule has 0 aliphatic heterocycles. The van der Waals surface area contributed by atoms with Crippen LogP contribution in [-0.2, 0) is 11.3 Å². The summed E-state index contributed by atoms with van der Waals surface area (Å²) in [5.41, 5.74) is 5.45. The van der Waals surface area contributed by atoms with Crippen LogP contribution in [0.3, 0.4) is 0 Å². The lowest BCUT2D eigenvalue weighted by Crippen LogP contribution is -2.18. The van der Waals surface area contributed by atoms with Gasteiger partial charge in [-0.25, -0.2) is 13.8 Å². The third kappa shape index (κ3) is 2.30. The summed E-state index contributed by atoms with van der Waals surface area (Å²) < 4.78 is 27.3. The second-order valence-corrected chi connectivity index (χ2v) is 3.47. The Morgan fingerprint density at radius 1 is 1.35 bits per heavy atom. The van der Waals surface area contributed by atoms with Crippen LogP contribution in [0.25, 0.3) is 11.4 Å². The predicted molar refractivity (Wildman–Crippen MR) is 56.8 cm³/mol. The van der Waals surface area contributed by atoms with Crippen LogP contribution < -0.4 is 5.73 Å². The van der Waals surface area contributed by atoms with E-state index in [2.05, 4.69) is 4.98 Å². The van der Waals surface area contributed by atoms with E-state index in [-0.39, 0.29) is 6.54 Å². The van der Waals surface area contributed by atoms with Gasteiger partial charge in [0.1, 0.15) is 12.4 Å². The first-order valence-corrected chi connectivity index (χ1v) is 4.83. The molecule has 0 bridgehead atoms. The summed E-state index contributed by atoms with van der Waals surface area (Å²) in [6.45, 7) is -0.0612. The summed E-state index contributed by atoms with van der Waals surface area (Å²) in [6.07, 6.45) is 3.00. The number of carbonyl (C=O) groups is 1. The van der Waals surface area contributed by atoms with Gasteiger partial charge < -0.3 is 10.3 Å². The first-order valence-electron chi connectivity index (χ1n) is 4.83. The highest BCUT2D eigenvalue weighted by Crippen LogP contribution is 2.19. The molecule has 1 aromatic heterocycles. The van der Waals surface area contributed by atoms with E-state index in [1.54, 1.807) is 6.20 Å². The van der Waals surface area contributed by atoms with Crippen LogP contribution in [0, 0.1) is 11.6 Å². The first kappa shape index (κ1) is 11.3. The average molecular weight is 237 g/mol. The van der Waals surface area contributed by atoms with Crippen molar-refractivity contribution in [3.05, 3.63) is 42.2 Å². The van der Waals surface area contributed by atoms with E-state index >= 15 is 0 Å². The normalized spacial score (nSPS) is 10.5. The van der Waals surface area contributed by atoms with E-state index in [1.807, 2.05) is 0 Å². The van der Waals surface area contributed by atoms with Crippen LogP contribution in [0.2, 0.25) is 0 Å². The van der Waals surface area contributed by atoms with Crippen molar-refractivity contribution in [3.8, 4) is 11.4 Å². The highest BCUT2D eigenvalue weighted by atomic mass is 19.2. The standard InChI is InChI=1S/C11H9F2N3O/c12-8-2-1-7(5-9(8)13)11-15-3-4-16(11)6-10(14)17/h1-5H,6H2,(H2,14,17). The highest BCUT2D eigenvalue weighted by molar-refractivity contribution is 5.74. The van der Waals surface area contributed by atoms with Crippen LogP contribution in [0.15, 0.2) is 30.6 Å². The zero-order valence-corrected chi connectivity index (χ0v) is 8.73. The third-order valence-electron chi connectivity index (χ3n) is 2.22. The minimum atomic E-state index is -0.962. The van der Waals surface area contributed by atoms with Crippen molar-refractivity contribution < 1.29 is 13.6 Å². The maximum absolute atomic E-state index is 13.1. The van der Waals surface area contributed by atoms with E-state index < -0.39 is 17.5 Å². The molecule has 2 N–H and O–H groups in total. The van der Waals surface area contributed by atoms with Crippen LogP contribution in [0.5, 0.6) is 0 Å². The van der Waals surface area contributed by atoms with Gasteiger partial charge in [0.2, 0.25) is 5.91 Å². The first-order chi connectivity index (χ1) is 8.08. The van der Waals surface area contributed by atoms with Gasteiger partial charge in [-0.3, -0.25) is 4.79 Å². The topological polar surface area (TPSA) is 60.9 Å². The summed E-state index contributed by atoms with van der Waals surface area (Å²) in [7, 11) is 0. The molecule has 6 heteroatoms. The Balaban J connectivity index is 2.42. The van der Waals surface area contributed by atoms with Crippen molar-refractivity contribution in [2.45, 2.75) is 6.54 Å². The van der Waals surface area contributed by atoms with Gasteiger partial charge in [0.05, 0.1) is 0 Å². The van der Waals surface area contributed by atoms with Crippen molar-refractivity contribution in [3.63, 3.8) is 0 Å². The lowest BCUT2D eigenvalue weighted by Gasteiger charge is -2.05. The van der Waals surface area contributed by atoms with Gasteiger partial charge in [-0.2, -0.15) is 0 Å². The molecule has 0 unspecified atom stereocenters. The molecule has 88 valence electrons. The molecule has 2 rings (SSSR count). The van der Waals surface area contributed by atoms with Gasteiger partial charge >= 0.3 is 0 Å². The van der Waals surface area contributed by atoms with Gasteiger partial charge in [0.25, 0.3) is 0 Å². The number of amides is 1. The van der Waals surface area contributed by atoms with Crippen LogP contribution in [0.1, 0.15) is 0 Å². The Morgan fingerprint density at radius 2 is 2.12 bits per heavy atom. The molecule has 0 radical (unpaired) electrons.